The second-order valence-electron chi connectivity index (χ2n) is 6.92. The van der Waals surface area contributed by atoms with E-state index in [1.54, 1.807) is 0 Å². The minimum absolute atomic E-state index is 0. The van der Waals surface area contributed by atoms with Crippen molar-refractivity contribution >= 4 is 29.9 Å². The van der Waals surface area contributed by atoms with Crippen LogP contribution in [-0.4, -0.2) is 25.7 Å². The van der Waals surface area contributed by atoms with Gasteiger partial charge in [-0.1, -0.05) is 30.3 Å². The van der Waals surface area contributed by atoms with Crippen LogP contribution in [0.15, 0.2) is 53.5 Å². The number of hydrogen-bond acceptors (Lipinski definition) is 2. The van der Waals surface area contributed by atoms with Crippen molar-refractivity contribution in [3.05, 3.63) is 71.3 Å². The monoisotopic (exact) mass is 515 g/mol. The van der Waals surface area contributed by atoms with Crippen LogP contribution in [0.3, 0.4) is 0 Å². The Hall–Kier alpha value is -1.74. The summed E-state index contributed by atoms with van der Waals surface area (Å²) in [5.74, 6) is -0.0186. The highest BCUT2D eigenvalue weighted by Gasteiger charge is 2.27. The van der Waals surface area contributed by atoms with Crippen molar-refractivity contribution < 1.29 is 13.5 Å². The van der Waals surface area contributed by atoms with Gasteiger partial charge in [0.1, 0.15) is 11.6 Å². The molecule has 1 aliphatic heterocycles. The molecule has 0 aliphatic carbocycles. The normalized spacial score (nSPS) is 19.3. The first-order chi connectivity index (χ1) is 13.7. The number of rotatable bonds is 6. The van der Waals surface area contributed by atoms with E-state index in [0.717, 1.165) is 31.6 Å². The Morgan fingerprint density at radius 3 is 2.69 bits per heavy atom. The Morgan fingerprint density at radius 2 is 1.93 bits per heavy atom. The van der Waals surface area contributed by atoms with E-state index in [1.807, 2.05) is 25.1 Å². The molecule has 1 saturated heterocycles. The third-order valence-electron chi connectivity index (χ3n) is 4.86. The fourth-order valence-corrected chi connectivity index (χ4v) is 3.46. The molecule has 2 unspecified atom stereocenters. The van der Waals surface area contributed by atoms with Crippen LogP contribution in [0.1, 0.15) is 37.0 Å². The SMILES string of the molecule is CCNC(=NCc1cc(F)ccc1F)NCC1CCCOC1c1ccccc1.I. The fourth-order valence-electron chi connectivity index (χ4n) is 3.46. The molecular weight excluding hydrogens is 487 g/mol. The Labute approximate surface area is 188 Å². The fraction of sp³-hybridized carbons (Fsp3) is 0.409. The number of ether oxygens (including phenoxy) is 1. The second-order valence-corrected chi connectivity index (χ2v) is 6.92. The van der Waals surface area contributed by atoms with Crippen LogP contribution in [0.5, 0.6) is 0 Å². The predicted molar refractivity (Wildman–Crippen MR) is 122 cm³/mol. The van der Waals surface area contributed by atoms with Crippen LogP contribution in [0.25, 0.3) is 0 Å². The van der Waals surface area contributed by atoms with Gasteiger partial charge in [-0.3, -0.25) is 0 Å². The summed E-state index contributed by atoms with van der Waals surface area (Å²) < 4.78 is 33.2. The van der Waals surface area contributed by atoms with Crippen LogP contribution in [0.2, 0.25) is 0 Å². The van der Waals surface area contributed by atoms with Gasteiger partial charge in [0, 0.05) is 31.2 Å². The molecule has 0 amide bonds. The molecule has 2 aromatic rings. The maximum Gasteiger partial charge on any atom is 0.191 e. The highest BCUT2D eigenvalue weighted by Crippen LogP contribution is 2.33. The summed E-state index contributed by atoms with van der Waals surface area (Å²) in [5.41, 5.74) is 1.41. The lowest BCUT2D eigenvalue weighted by molar-refractivity contribution is -0.0265. The summed E-state index contributed by atoms with van der Waals surface area (Å²) in [5, 5.41) is 6.50. The molecule has 0 bridgehead atoms. The number of hydrogen-bond donors (Lipinski definition) is 2. The molecule has 3 rings (SSSR count). The molecule has 29 heavy (non-hydrogen) atoms. The van der Waals surface area contributed by atoms with Gasteiger partial charge in [0.2, 0.25) is 0 Å². The molecule has 0 saturated carbocycles. The second kappa shape index (κ2) is 12.1. The van der Waals surface area contributed by atoms with Crippen LogP contribution in [-0.2, 0) is 11.3 Å². The predicted octanol–water partition coefficient (Wildman–Crippen LogP) is 4.81. The highest BCUT2D eigenvalue weighted by atomic mass is 127. The summed E-state index contributed by atoms with van der Waals surface area (Å²) in [4.78, 5) is 4.41. The van der Waals surface area contributed by atoms with Crippen LogP contribution < -0.4 is 10.6 Å². The first-order valence-electron chi connectivity index (χ1n) is 9.80. The van der Waals surface area contributed by atoms with Gasteiger partial charge in [-0.25, -0.2) is 13.8 Å². The molecule has 0 radical (unpaired) electrons. The zero-order valence-corrected chi connectivity index (χ0v) is 18.9. The van der Waals surface area contributed by atoms with Gasteiger partial charge in [-0.15, -0.1) is 24.0 Å². The van der Waals surface area contributed by atoms with Gasteiger partial charge >= 0.3 is 0 Å². The number of aliphatic imine (C=N–C) groups is 1. The summed E-state index contributed by atoms with van der Waals surface area (Å²) in [7, 11) is 0. The lowest BCUT2D eigenvalue weighted by atomic mass is 9.89. The van der Waals surface area contributed by atoms with Crippen LogP contribution in [0, 0.1) is 17.6 Å². The molecule has 1 fully saturated rings. The maximum atomic E-state index is 13.8. The number of nitrogens with one attached hydrogen (secondary N) is 2. The van der Waals surface area contributed by atoms with Gasteiger partial charge in [0.25, 0.3) is 0 Å². The van der Waals surface area contributed by atoms with Gasteiger partial charge < -0.3 is 15.4 Å². The van der Waals surface area contributed by atoms with Crippen molar-refractivity contribution in [2.24, 2.45) is 10.9 Å². The van der Waals surface area contributed by atoms with Gasteiger partial charge in [0.15, 0.2) is 5.96 Å². The molecule has 1 heterocycles. The number of nitrogens with zero attached hydrogens (tertiary/aromatic N) is 1. The standard InChI is InChI=1S/C22H27F2N3O.HI/c1-2-25-22(27-15-18-13-19(23)10-11-20(18)24)26-14-17-9-6-12-28-21(17)16-7-4-3-5-8-16;/h3-5,7-8,10-11,13,17,21H,2,6,9,12,14-15H2,1H3,(H2,25,26,27);1H. The molecular formula is C22H28F2IN3O. The summed E-state index contributed by atoms with van der Waals surface area (Å²) in [6, 6.07) is 13.7. The summed E-state index contributed by atoms with van der Waals surface area (Å²) >= 11 is 0. The minimum atomic E-state index is -0.463. The molecule has 158 valence electrons. The molecule has 1 aliphatic rings. The third-order valence-corrected chi connectivity index (χ3v) is 4.86. The molecule has 4 nitrogen and oxygen atoms in total. The molecule has 0 spiro atoms. The van der Waals surface area contributed by atoms with Crippen molar-refractivity contribution in [3.63, 3.8) is 0 Å². The smallest absolute Gasteiger partial charge is 0.191 e. The lowest BCUT2D eigenvalue weighted by Gasteiger charge is -2.32. The number of benzene rings is 2. The van der Waals surface area contributed by atoms with Gasteiger partial charge in [0.05, 0.1) is 12.6 Å². The molecule has 0 aromatic heterocycles. The largest absolute Gasteiger partial charge is 0.373 e. The Morgan fingerprint density at radius 1 is 1.14 bits per heavy atom. The number of guanidine groups is 1. The van der Waals surface area contributed by atoms with E-state index >= 15 is 0 Å². The lowest BCUT2D eigenvalue weighted by Crippen LogP contribution is -2.42. The first kappa shape index (κ1) is 23.5. The topological polar surface area (TPSA) is 45.7 Å². The van der Waals surface area contributed by atoms with Crippen molar-refractivity contribution in [1.82, 2.24) is 10.6 Å². The third kappa shape index (κ3) is 6.92. The molecule has 2 N–H and O–H groups in total. The average Bonchev–Trinajstić information content (AvgIpc) is 2.73. The van der Waals surface area contributed by atoms with E-state index in [0.29, 0.717) is 25.0 Å². The van der Waals surface area contributed by atoms with E-state index in [2.05, 4.69) is 27.8 Å². The van der Waals surface area contributed by atoms with Crippen molar-refractivity contribution in [2.75, 3.05) is 19.7 Å². The summed E-state index contributed by atoms with van der Waals surface area (Å²) in [6.07, 6.45) is 2.13. The number of halogens is 3. The molecule has 7 heteroatoms. The summed E-state index contributed by atoms with van der Waals surface area (Å²) in [6.45, 7) is 4.18. The first-order valence-corrected chi connectivity index (χ1v) is 9.80. The Bertz CT molecular complexity index is 789. The van der Waals surface area contributed by atoms with Crippen molar-refractivity contribution in [2.45, 2.75) is 32.4 Å². The van der Waals surface area contributed by atoms with E-state index in [4.69, 9.17) is 4.74 Å². The van der Waals surface area contributed by atoms with E-state index in [1.165, 1.54) is 11.6 Å². The van der Waals surface area contributed by atoms with Crippen LogP contribution in [0.4, 0.5) is 8.78 Å². The van der Waals surface area contributed by atoms with E-state index in [9.17, 15) is 8.78 Å². The minimum Gasteiger partial charge on any atom is -0.373 e. The zero-order valence-electron chi connectivity index (χ0n) is 16.5. The van der Waals surface area contributed by atoms with E-state index in [-0.39, 0.29) is 42.2 Å². The average molecular weight is 515 g/mol. The Balaban J connectivity index is 0.00000300. The maximum absolute atomic E-state index is 13.8. The van der Waals surface area contributed by atoms with Gasteiger partial charge in [-0.2, -0.15) is 0 Å². The van der Waals surface area contributed by atoms with Crippen LogP contribution >= 0.6 is 24.0 Å². The van der Waals surface area contributed by atoms with Crippen molar-refractivity contribution in [3.8, 4) is 0 Å². The quantitative estimate of drug-likeness (QED) is 0.330. The molecule has 2 aromatic carbocycles. The molecule has 2 atom stereocenters. The highest BCUT2D eigenvalue weighted by molar-refractivity contribution is 14.0. The zero-order chi connectivity index (χ0) is 19.8. The van der Waals surface area contributed by atoms with Gasteiger partial charge in [-0.05, 0) is 43.5 Å². The van der Waals surface area contributed by atoms with E-state index < -0.39 is 11.6 Å². The van der Waals surface area contributed by atoms with Crippen molar-refractivity contribution in [1.29, 1.82) is 0 Å². The Kier molecular flexibility index (Phi) is 9.80.